The van der Waals surface area contributed by atoms with E-state index in [-0.39, 0.29) is 17.4 Å². The molecule has 2 fully saturated rings. The van der Waals surface area contributed by atoms with Crippen molar-refractivity contribution in [1.29, 1.82) is 0 Å². The van der Waals surface area contributed by atoms with Gasteiger partial charge >= 0.3 is 0 Å². The minimum atomic E-state index is -0.640. The smallest absolute Gasteiger partial charge is 0.295 e. The van der Waals surface area contributed by atoms with E-state index < -0.39 is 17.7 Å². The number of rotatable bonds is 6. The number of nitrogens with zero attached hydrogens (tertiary/aromatic N) is 1. The van der Waals surface area contributed by atoms with Crippen LogP contribution in [0.3, 0.4) is 0 Å². The number of Topliss-reactive ketones (excluding diaryl/α,β-unsaturated/α-hetero) is 1. The maximum absolute atomic E-state index is 13.2. The summed E-state index contributed by atoms with van der Waals surface area (Å²) in [5, 5.41) is 11.8. The molecule has 1 atom stereocenters. The fraction of sp³-hybridized carbons (Fsp3) is 0.385. The molecule has 32 heavy (non-hydrogen) atoms. The van der Waals surface area contributed by atoms with Crippen LogP contribution in [0.2, 0.25) is 5.02 Å². The molecule has 1 N–H and O–H groups in total. The Kier molecular flexibility index (Phi) is 6.85. The van der Waals surface area contributed by atoms with E-state index >= 15 is 0 Å². The molecule has 4 rings (SSSR count). The highest BCUT2D eigenvalue weighted by atomic mass is 35.5. The summed E-state index contributed by atoms with van der Waals surface area (Å²) in [6.45, 7) is 2.64. The standard InChI is InChI=1S/C26H28ClNO4/c1-2-16-32-21-14-10-18(11-15-21)24(29)22-23(17-8-12-19(27)13-9-17)28(26(31)25(22)30)20-6-4-3-5-7-20/h8-15,20,23,29H,2-7,16H2,1H3/b24-22-. The van der Waals surface area contributed by atoms with Crippen LogP contribution in [0.1, 0.15) is 62.6 Å². The summed E-state index contributed by atoms with van der Waals surface area (Å²) in [5.74, 6) is -0.649. The third kappa shape index (κ3) is 4.40. The molecule has 0 bridgehead atoms. The first-order valence-corrected chi connectivity index (χ1v) is 11.7. The van der Waals surface area contributed by atoms with Crippen LogP contribution in [-0.4, -0.2) is 34.3 Å². The monoisotopic (exact) mass is 453 g/mol. The van der Waals surface area contributed by atoms with Crippen molar-refractivity contribution in [2.45, 2.75) is 57.5 Å². The van der Waals surface area contributed by atoms with Gasteiger partial charge in [-0.3, -0.25) is 9.59 Å². The second kappa shape index (κ2) is 9.78. The Bertz CT molecular complexity index is 1010. The zero-order chi connectivity index (χ0) is 22.7. The van der Waals surface area contributed by atoms with Gasteiger partial charge in [-0.2, -0.15) is 0 Å². The Labute approximate surface area is 193 Å². The van der Waals surface area contributed by atoms with Gasteiger partial charge in [-0.05, 0) is 61.2 Å². The highest BCUT2D eigenvalue weighted by Crippen LogP contribution is 2.43. The number of carbonyl (C=O) groups is 2. The average molecular weight is 454 g/mol. The van der Waals surface area contributed by atoms with Crippen LogP contribution < -0.4 is 4.74 Å². The molecule has 0 radical (unpaired) electrons. The van der Waals surface area contributed by atoms with E-state index in [0.29, 0.717) is 22.9 Å². The van der Waals surface area contributed by atoms with E-state index in [1.807, 2.05) is 19.1 Å². The number of carbonyl (C=O) groups excluding carboxylic acids is 2. The third-order valence-electron chi connectivity index (χ3n) is 6.23. The van der Waals surface area contributed by atoms with Crippen LogP contribution in [0.25, 0.3) is 5.76 Å². The summed E-state index contributed by atoms with van der Waals surface area (Å²) in [4.78, 5) is 28.0. The summed E-state index contributed by atoms with van der Waals surface area (Å²) in [6, 6.07) is 13.4. The summed E-state index contributed by atoms with van der Waals surface area (Å²) in [5.41, 5.74) is 1.38. The van der Waals surface area contributed by atoms with Crippen molar-refractivity contribution in [3.05, 3.63) is 70.3 Å². The van der Waals surface area contributed by atoms with Gasteiger partial charge in [0.05, 0.1) is 18.2 Å². The predicted octanol–water partition coefficient (Wildman–Crippen LogP) is 5.88. The maximum atomic E-state index is 13.2. The Morgan fingerprint density at radius 3 is 2.31 bits per heavy atom. The molecule has 168 valence electrons. The predicted molar refractivity (Wildman–Crippen MR) is 125 cm³/mol. The van der Waals surface area contributed by atoms with E-state index in [1.165, 1.54) is 0 Å². The highest BCUT2D eigenvalue weighted by Gasteiger charge is 2.48. The van der Waals surface area contributed by atoms with E-state index in [9.17, 15) is 14.7 Å². The first-order valence-electron chi connectivity index (χ1n) is 11.3. The van der Waals surface area contributed by atoms with Gasteiger partial charge in [-0.1, -0.05) is 49.9 Å². The quantitative estimate of drug-likeness (QED) is 0.336. The Morgan fingerprint density at radius 2 is 1.69 bits per heavy atom. The molecule has 1 aliphatic heterocycles. The number of ether oxygens (including phenoxy) is 1. The van der Waals surface area contributed by atoms with Crippen LogP contribution in [0, 0.1) is 0 Å². The molecular formula is C26H28ClNO4. The lowest BCUT2D eigenvalue weighted by Crippen LogP contribution is -2.40. The van der Waals surface area contributed by atoms with Crippen LogP contribution in [-0.2, 0) is 9.59 Å². The fourth-order valence-electron chi connectivity index (χ4n) is 4.64. The molecule has 1 unspecified atom stereocenters. The van der Waals surface area contributed by atoms with E-state index in [2.05, 4.69) is 0 Å². The topological polar surface area (TPSA) is 66.8 Å². The lowest BCUT2D eigenvalue weighted by molar-refractivity contribution is -0.141. The van der Waals surface area contributed by atoms with Crippen molar-refractivity contribution in [3.63, 3.8) is 0 Å². The maximum Gasteiger partial charge on any atom is 0.295 e. The lowest BCUT2D eigenvalue weighted by atomic mass is 9.91. The second-order valence-electron chi connectivity index (χ2n) is 8.42. The van der Waals surface area contributed by atoms with Gasteiger partial charge in [0.25, 0.3) is 11.7 Å². The molecule has 6 heteroatoms. The van der Waals surface area contributed by atoms with Gasteiger partial charge in [0.1, 0.15) is 11.5 Å². The first-order chi connectivity index (χ1) is 15.5. The zero-order valence-corrected chi connectivity index (χ0v) is 19.0. The van der Waals surface area contributed by atoms with Crippen molar-refractivity contribution in [2.24, 2.45) is 0 Å². The summed E-state index contributed by atoms with van der Waals surface area (Å²) < 4.78 is 5.61. The minimum absolute atomic E-state index is 0.0176. The van der Waals surface area contributed by atoms with Crippen LogP contribution in [0.5, 0.6) is 5.75 Å². The van der Waals surface area contributed by atoms with Crippen LogP contribution in [0.15, 0.2) is 54.1 Å². The normalized spacial score (nSPS) is 21.2. The van der Waals surface area contributed by atoms with E-state index in [0.717, 1.165) is 44.1 Å². The number of amides is 1. The van der Waals surface area contributed by atoms with Crippen molar-refractivity contribution < 1.29 is 19.4 Å². The molecule has 5 nitrogen and oxygen atoms in total. The Hall–Kier alpha value is -2.79. The number of halogens is 1. The van der Waals surface area contributed by atoms with Crippen molar-refractivity contribution in [3.8, 4) is 5.75 Å². The van der Waals surface area contributed by atoms with Crippen molar-refractivity contribution in [2.75, 3.05) is 6.61 Å². The average Bonchev–Trinajstić information content (AvgIpc) is 3.09. The van der Waals surface area contributed by atoms with Crippen molar-refractivity contribution >= 4 is 29.1 Å². The van der Waals surface area contributed by atoms with Gasteiger partial charge in [0.2, 0.25) is 0 Å². The number of hydrogen-bond acceptors (Lipinski definition) is 4. The van der Waals surface area contributed by atoms with Crippen LogP contribution >= 0.6 is 11.6 Å². The fourth-order valence-corrected chi connectivity index (χ4v) is 4.77. The SMILES string of the molecule is CCCOc1ccc(/C(O)=C2/C(=O)C(=O)N(C3CCCCC3)C2c2ccc(Cl)cc2)cc1. The molecule has 2 aliphatic rings. The van der Waals surface area contributed by atoms with E-state index in [4.69, 9.17) is 16.3 Å². The number of likely N-dealkylation sites (tertiary alicyclic amines) is 1. The largest absolute Gasteiger partial charge is 0.507 e. The first kappa shape index (κ1) is 22.4. The summed E-state index contributed by atoms with van der Waals surface area (Å²) in [6.07, 6.45) is 5.81. The number of aliphatic hydroxyl groups excluding tert-OH is 1. The third-order valence-corrected chi connectivity index (χ3v) is 6.49. The number of hydrogen-bond donors (Lipinski definition) is 1. The highest BCUT2D eigenvalue weighted by molar-refractivity contribution is 6.46. The molecule has 0 aromatic heterocycles. The molecule has 1 heterocycles. The minimum Gasteiger partial charge on any atom is -0.507 e. The Morgan fingerprint density at radius 1 is 1.03 bits per heavy atom. The van der Waals surface area contributed by atoms with Gasteiger partial charge in [-0.25, -0.2) is 0 Å². The van der Waals surface area contributed by atoms with Crippen molar-refractivity contribution in [1.82, 2.24) is 4.90 Å². The summed E-state index contributed by atoms with van der Waals surface area (Å²) >= 11 is 6.09. The molecule has 2 aromatic carbocycles. The van der Waals surface area contributed by atoms with Gasteiger partial charge < -0.3 is 14.7 Å². The second-order valence-corrected chi connectivity index (χ2v) is 8.86. The molecular weight excluding hydrogens is 426 g/mol. The van der Waals surface area contributed by atoms with Crippen LogP contribution in [0.4, 0.5) is 0 Å². The van der Waals surface area contributed by atoms with E-state index in [1.54, 1.807) is 41.3 Å². The van der Waals surface area contributed by atoms with Gasteiger partial charge in [0.15, 0.2) is 0 Å². The number of benzene rings is 2. The molecule has 1 saturated heterocycles. The number of ketones is 1. The molecule has 0 spiro atoms. The lowest BCUT2D eigenvalue weighted by Gasteiger charge is -2.35. The Balaban J connectivity index is 1.77. The van der Waals surface area contributed by atoms with Gasteiger partial charge in [0, 0.05) is 16.6 Å². The molecule has 1 aliphatic carbocycles. The number of aliphatic hydroxyl groups is 1. The summed E-state index contributed by atoms with van der Waals surface area (Å²) in [7, 11) is 0. The molecule has 1 saturated carbocycles. The van der Waals surface area contributed by atoms with Gasteiger partial charge in [-0.15, -0.1) is 0 Å². The molecule has 1 amide bonds. The zero-order valence-electron chi connectivity index (χ0n) is 18.2. The molecule has 2 aromatic rings.